The zero-order chi connectivity index (χ0) is 8.27. The zero-order valence-electron chi connectivity index (χ0n) is 7.18. The molecule has 2 nitrogen and oxygen atoms in total. The van der Waals surface area contributed by atoms with E-state index < -0.39 is 0 Å². The van der Waals surface area contributed by atoms with Crippen LogP contribution in [-0.4, -0.2) is 10.9 Å². The van der Waals surface area contributed by atoms with E-state index in [1.165, 1.54) is 5.56 Å². The minimum Gasteiger partial charge on any atom is -0.361 e. The Balaban J connectivity index is 2.67. The lowest BCUT2D eigenvalue weighted by Crippen LogP contribution is -1.84. The molecule has 1 aromatic heterocycles. The summed E-state index contributed by atoms with van der Waals surface area (Å²) in [6, 6.07) is 0. The van der Waals surface area contributed by atoms with Crippen molar-refractivity contribution in [1.29, 1.82) is 0 Å². The van der Waals surface area contributed by atoms with E-state index in [2.05, 4.69) is 12.1 Å². The van der Waals surface area contributed by atoms with Crippen molar-refractivity contribution in [3.05, 3.63) is 17.0 Å². The van der Waals surface area contributed by atoms with E-state index in [4.69, 9.17) is 4.52 Å². The molecule has 0 aliphatic carbocycles. The molecule has 11 heavy (non-hydrogen) atoms. The van der Waals surface area contributed by atoms with Gasteiger partial charge in [-0.1, -0.05) is 12.1 Å². The molecule has 0 bridgehead atoms. The van der Waals surface area contributed by atoms with Crippen molar-refractivity contribution in [2.75, 3.05) is 5.75 Å². The molecule has 0 saturated carbocycles. The minimum atomic E-state index is 0.962. The summed E-state index contributed by atoms with van der Waals surface area (Å²) in [4.78, 5) is 0. The van der Waals surface area contributed by atoms with E-state index in [0.717, 1.165) is 23.0 Å². The first-order valence-electron chi connectivity index (χ1n) is 3.75. The average molecular weight is 171 g/mol. The van der Waals surface area contributed by atoms with Crippen LogP contribution in [0.2, 0.25) is 0 Å². The lowest BCUT2D eigenvalue weighted by atomic mass is 10.2. The number of hydrogen-bond donors (Lipinski definition) is 0. The Hall–Kier alpha value is -0.440. The Bertz CT molecular complexity index is 212. The molecule has 0 aliphatic rings. The van der Waals surface area contributed by atoms with Gasteiger partial charge in [-0.15, -0.1) is 0 Å². The van der Waals surface area contributed by atoms with Crippen LogP contribution in [0, 0.1) is 13.8 Å². The van der Waals surface area contributed by atoms with E-state index in [-0.39, 0.29) is 0 Å². The van der Waals surface area contributed by atoms with E-state index in [1.807, 2.05) is 25.6 Å². The van der Waals surface area contributed by atoms with E-state index in [1.54, 1.807) is 0 Å². The molecule has 1 rings (SSSR count). The molecule has 3 heteroatoms. The van der Waals surface area contributed by atoms with Gasteiger partial charge in [0.2, 0.25) is 0 Å². The minimum absolute atomic E-state index is 0.962. The summed E-state index contributed by atoms with van der Waals surface area (Å²) in [5, 5.41) is 3.88. The van der Waals surface area contributed by atoms with Crippen LogP contribution in [0.5, 0.6) is 0 Å². The third-order valence-corrected chi connectivity index (χ3v) is 2.53. The highest BCUT2D eigenvalue weighted by atomic mass is 32.2. The van der Waals surface area contributed by atoms with Crippen molar-refractivity contribution in [2.45, 2.75) is 26.5 Å². The van der Waals surface area contributed by atoms with Crippen LogP contribution in [0.1, 0.15) is 23.9 Å². The van der Waals surface area contributed by atoms with Crippen LogP contribution in [0.3, 0.4) is 0 Å². The molecule has 0 amide bonds. The van der Waals surface area contributed by atoms with Crippen molar-refractivity contribution in [3.63, 3.8) is 0 Å². The fourth-order valence-electron chi connectivity index (χ4n) is 0.912. The highest BCUT2D eigenvalue weighted by Gasteiger charge is 2.07. The van der Waals surface area contributed by atoms with Crippen molar-refractivity contribution >= 4 is 11.8 Å². The normalized spacial score (nSPS) is 10.5. The second-order valence-corrected chi connectivity index (χ2v) is 3.71. The van der Waals surface area contributed by atoms with Crippen LogP contribution in [0.15, 0.2) is 4.52 Å². The third kappa shape index (κ3) is 1.99. The quantitative estimate of drug-likeness (QED) is 0.699. The SMILES string of the molecule is CCSCc1c(C)noc1C. The molecule has 0 spiro atoms. The van der Waals surface area contributed by atoms with Gasteiger partial charge in [-0.3, -0.25) is 0 Å². The van der Waals surface area contributed by atoms with Gasteiger partial charge in [-0.2, -0.15) is 11.8 Å². The standard InChI is InChI=1S/C8H13NOS/c1-4-11-5-8-6(2)9-10-7(8)3/h4-5H2,1-3H3. The molecule has 62 valence electrons. The van der Waals surface area contributed by atoms with Crippen molar-refractivity contribution < 1.29 is 4.52 Å². The fraction of sp³-hybridized carbons (Fsp3) is 0.625. The molecular weight excluding hydrogens is 158 g/mol. The predicted molar refractivity (Wildman–Crippen MR) is 47.8 cm³/mol. The Morgan fingerprint density at radius 3 is 2.64 bits per heavy atom. The van der Waals surface area contributed by atoms with Crippen LogP contribution >= 0.6 is 11.8 Å². The first-order chi connectivity index (χ1) is 5.25. The van der Waals surface area contributed by atoms with Crippen molar-refractivity contribution in [1.82, 2.24) is 5.16 Å². The fourth-order valence-corrected chi connectivity index (χ4v) is 1.73. The maximum atomic E-state index is 5.03. The van der Waals surface area contributed by atoms with Gasteiger partial charge in [0.05, 0.1) is 5.69 Å². The van der Waals surface area contributed by atoms with Gasteiger partial charge >= 0.3 is 0 Å². The monoisotopic (exact) mass is 171 g/mol. The first kappa shape index (κ1) is 8.65. The number of rotatable bonds is 3. The van der Waals surface area contributed by atoms with Crippen LogP contribution in [0.4, 0.5) is 0 Å². The van der Waals surface area contributed by atoms with Gasteiger partial charge < -0.3 is 4.52 Å². The number of hydrogen-bond acceptors (Lipinski definition) is 3. The van der Waals surface area contributed by atoms with Crippen molar-refractivity contribution in [3.8, 4) is 0 Å². The topological polar surface area (TPSA) is 26.0 Å². The van der Waals surface area contributed by atoms with Gasteiger partial charge in [0.1, 0.15) is 5.76 Å². The van der Waals surface area contributed by atoms with Gasteiger partial charge in [0, 0.05) is 11.3 Å². The van der Waals surface area contributed by atoms with Crippen LogP contribution < -0.4 is 0 Å². The summed E-state index contributed by atoms with van der Waals surface area (Å²) in [5.41, 5.74) is 2.29. The Morgan fingerprint density at radius 1 is 1.45 bits per heavy atom. The Labute approximate surface area is 71.3 Å². The van der Waals surface area contributed by atoms with Gasteiger partial charge in [0.15, 0.2) is 0 Å². The maximum Gasteiger partial charge on any atom is 0.137 e. The summed E-state index contributed by atoms with van der Waals surface area (Å²) in [6.45, 7) is 6.11. The predicted octanol–water partition coefficient (Wildman–Crippen LogP) is 2.54. The lowest BCUT2D eigenvalue weighted by molar-refractivity contribution is 0.392. The summed E-state index contributed by atoms with van der Waals surface area (Å²) in [6.07, 6.45) is 0. The lowest BCUT2D eigenvalue weighted by Gasteiger charge is -1.95. The molecule has 1 aromatic rings. The third-order valence-electron chi connectivity index (χ3n) is 1.63. The molecular formula is C8H13NOS. The van der Waals surface area contributed by atoms with Crippen molar-refractivity contribution in [2.24, 2.45) is 0 Å². The number of thioether (sulfide) groups is 1. The molecule has 0 aromatic carbocycles. The first-order valence-corrected chi connectivity index (χ1v) is 4.90. The summed E-state index contributed by atoms with van der Waals surface area (Å²) >= 11 is 1.89. The summed E-state index contributed by atoms with van der Waals surface area (Å²) < 4.78 is 5.03. The molecule has 1 heterocycles. The summed E-state index contributed by atoms with van der Waals surface area (Å²) in [7, 11) is 0. The number of nitrogens with zero attached hydrogens (tertiary/aromatic N) is 1. The van der Waals surface area contributed by atoms with Crippen LogP contribution in [0.25, 0.3) is 0 Å². The average Bonchev–Trinajstić information content (AvgIpc) is 2.29. The molecule has 0 atom stereocenters. The molecule has 0 saturated heterocycles. The zero-order valence-corrected chi connectivity index (χ0v) is 7.99. The summed E-state index contributed by atoms with van der Waals surface area (Å²) in [5.74, 6) is 3.13. The Kier molecular flexibility index (Phi) is 3.00. The smallest absolute Gasteiger partial charge is 0.137 e. The molecule has 0 N–H and O–H groups in total. The number of aryl methyl sites for hydroxylation is 2. The van der Waals surface area contributed by atoms with E-state index >= 15 is 0 Å². The van der Waals surface area contributed by atoms with E-state index in [0.29, 0.717) is 0 Å². The maximum absolute atomic E-state index is 5.03. The van der Waals surface area contributed by atoms with Gasteiger partial charge in [-0.05, 0) is 19.6 Å². The Morgan fingerprint density at radius 2 is 2.18 bits per heavy atom. The second kappa shape index (κ2) is 3.81. The molecule has 0 fully saturated rings. The molecule has 0 unspecified atom stereocenters. The second-order valence-electron chi connectivity index (χ2n) is 2.44. The highest BCUT2D eigenvalue weighted by molar-refractivity contribution is 7.98. The molecule has 0 radical (unpaired) electrons. The highest BCUT2D eigenvalue weighted by Crippen LogP contribution is 2.18. The largest absolute Gasteiger partial charge is 0.361 e. The van der Waals surface area contributed by atoms with Gasteiger partial charge in [0.25, 0.3) is 0 Å². The van der Waals surface area contributed by atoms with Gasteiger partial charge in [-0.25, -0.2) is 0 Å². The number of aromatic nitrogens is 1. The molecule has 0 aliphatic heterocycles. The van der Waals surface area contributed by atoms with Crippen LogP contribution in [-0.2, 0) is 5.75 Å². The van der Waals surface area contributed by atoms with E-state index in [9.17, 15) is 0 Å².